The molecule has 0 bridgehead atoms. The molecule has 5 heteroatoms. The van der Waals surface area contributed by atoms with Gasteiger partial charge < -0.3 is 5.11 Å². The van der Waals surface area contributed by atoms with Crippen LogP contribution in [0, 0.1) is 26.7 Å². The quantitative estimate of drug-likeness (QED) is 0.928. The molecule has 20 heavy (non-hydrogen) atoms. The third-order valence-electron chi connectivity index (χ3n) is 4.18. The molecule has 0 amide bonds. The second kappa shape index (κ2) is 4.83. The minimum absolute atomic E-state index is 0.0501. The van der Waals surface area contributed by atoms with Crippen LogP contribution in [0.15, 0.2) is 17.0 Å². The molecule has 112 valence electrons. The van der Waals surface area contributed by atoms with Gasteiger partial charge in [0.2, 0.25) is 10.0 Å². The summed E-state index contributed by atoms with van der Waals surface area (Å²) in [5.74, 6) is 0.0501. The van der Waals surface area contributed by atoms with Crippen molar-refractivity contribution in [1.82, 2.24) is 4.31 Å². The number of nitrogens with zero attached hydrogens (tertiary/aromatic N) is 1. The summed E-state index contributed by atoms with van der Waals surface area (Å²) >= 11 is 0. The van der Waals surface area contributed by atoms with Crippen LogP contribution in [0.3, 0.4) is 0 Å². The van der Waals surface area contributed by atoms with Crippen molar-refractivity contribution in [1.29, 1.82) is 0 Å². The molecule has 2 rings (SSSR count). The second-order valence-electron chi connectivity index (χ2n) is 6.26. The van der Waals surface area contributed by atoms with E-state index < -0.39 is 15.6 Å². The molecular weight excluding hydrogens is 274 g/mol. The molecule has 0 saturated carbocycles. The summed E-state index contributed by atoms with van der Waals surface area (Å²) < 4.78 is 26.8. The van der Waals surface area contributed by atoms with Crippen molar-refractivity contribution in [3.05, 3.63) is 28.8 Å². The Labute approximate surface area is 121 Å². The third-order valence-corrected chi connectivity index (χ3v) is 6.28. The smallest absolute Gasteiger partial charge is 0.243 e. The van der Waals surface area contributed by atoms with Crippen molar-refractivity contribution < 1.29 is 13.5 Å². The predicted molar refractivity (Wildman–Crippen MR) is 79.2 cm³/mol. The van der Waals surface area contributed by atoms with E-state index in [4.69, 9.17) is 0 Å². The van der Waals surface area contributed by atoms with Gasteiger partial charge in [0.15, 0.2) is 0 Å². The lowest BCUT2D eigenvalue weighted by Crippen LogP contribution is -2.65. The Morgan fingerprint density at radius 3 is 2.00 bits per heavy atom. The minimum Gasteiger partial charge on any atom is -0.387 e. The van der Waals surface area contributed by atoms with Crippen LogP contribution in [-0.4, -0.2) is 36.5 Å². The standard InChI is InChI=1S/C15H23NO3S/c1-10(2)15(17)8-16(9-15)20(18,19)14-12(4)6-11(3)7-13(14)5/h6-7,10,17H,8-9H2,1-5H3. The maximum Gasteiger partial charge on any atom is 0.243 e. The van der Waals surface area contributed by atoms with Crippen LogP contribution in [0.25, 0.3) is 0 Å². The van der Waals surface area contributed by atoms with Crippen LogP contribution in [0.4, 0.5) is 0 Å². The number of aliphatic hydroxyl groups is 1. The number of benzene rings is 1. The third kappa shape index (κ3) is 2.38. The van der Waals surface area contributed by atoms with E-state index in [1.165, 1.54) is 4.31 Å². The zero-order valence-corrected chi connectivity index (χ0v) is 13.6. The van der Waals surface area contributed by atoms with Crippen LogP contribution in [0.5, 0.6) is 0 Å². The first-order valence-electron chi connectivity index (χ1n) is 6.88. The van der Waals surface area contributed by atoms with E-state index in [2.05, 4.69) is 0 Å². The molecule has 4 nitrogen and oxygen atoms in total. The van der Waals surface area contributed by atoms with Crippen LogP contribution in [-0.2, 0) is 10.0 Å². The van der Waals surface area contributed by atoms with Crippen molar-refractivity contribution >= 4 is 10.0 Å². The lowest BCUT2D eigenvalue weighted by molar-refractivity contribution is -0.0932. The molecule has 1 aromatic carbocycles. The SMILES string of the molecule is Cc1cc(C)c(S(=O)(=O)N2CC(O)(C(C)C)C2)c(C)c1. The van der Waals surface area contributed by atoms with E-state index in [-0.39, 0.29) is 19.0 Å². The van der Waals surface area contributed by atoms with Gasteiger partial charge in [0.1, 0.15) is 0 Å². The van der Waals surface area contributed by atoms with Crippen LogP contribution in [0.2, 0.25) is 0 Å². The lowest BCUT2D eigenvalue weighted by Gasteiger charge is -2.48. The molecule has 0 atom stereocenters. The number of rotatable bonds is 3. The molecule has 0 aromatic heterocycles. The largest absolute Gasteiger partial charge is 0.387 e. The van der Waals surface area contributed by atoms with Crippen molar-refractivity contribution in [3.63, 3.8) is 0 Å². The lowest BCUT2D eigenvalue weighted by atomic mass is 9.85. The fourth-order valence-electron chi connectivity index (χ4n) is 2.80. The van der Waals surface area contributed by atoms with Gasteiger partial charge in [0.25, 0.3) is 0 Å². The molecule has 1 aliphatic heterocycles. The average Bonchev–Trinajstić information content (AvgIpc) is 2.22. The number of hydrogen-bond donors (Lipinski definition) is 1. The molecule has 1 saturated heterocycles. The highest BCUT2D eigenvalue weighted by Gasteiger charge is 2.49. The maximum atomic E-state index is 12.7. The number of β-amino-alcohol motifs (C(OH)–C–C–N with tert-alkyl or cyclic N) is 1. The number of aryl methyl sites for hydroxylation is 3. The first-order chi connectivity index (χ1) is 9.08. The Balaban J connectivity index is 2.35. The van der Waals surface area contributed by atoms with Gasteiger partial charge in [-0.2, -0.15) is 4.31 Å². The van der Waals surface area contributed by atoms with Crippen molar-refractivity contribution in [2.24, 2.45) is 5.92 Å². The second-order valence-corrected chi connectivity index (χ2v) is 8.13. The normalized spacial score (nSPS) is 19.1. The molecular formula is C15H23NO3S. The topological polar surface area (TPSA) is 57.6 Å². The molecule has 0 aliphatic carbocycles. The molecule has 1 aromatic rings. The highest BCUT2D eigenvalue weighted by molar-refractivity contribution is 7.89. The average molecular weight is 297 g/mol. The van der Waals surface area contributed by atoms with E-state index in [0.29, 0.717) is 4.90 Å². The Morgan fingerprint density at radius 2 is 1.60 bits per heavy atom. The van der Waals surface area contributed by atoms with E-state index in [1.807, 2.05) is 46.8 Å². The first kappa shape index (κ1) is 15.5. The van der Waals surface area contributed by atoms with Gasteiger partial charge >= 0.3 is 0 Å². The van der Waals surface area contributed by atoms with Gasteiger partial charge in [-0.25, -0.2) is 8.42 Å². The fraction of sp³-hybridized carbons (Fsp3) is 0.600. The van der Waals surface area contributed by atoms with Gasteiger partial charge in [-0.15, -0.1) is 0 Å². The van der Waals surface area contributed by atoms with E-state index in [0.717, 1.165) is 16.7 Å². The Morgan fingerprint density at radius 1 is 1.15 bits per heavy atom. The summed E-state index contributed by atoms with van der Waals surface area (Å²) in [6.45, 7) is 9.78. The van der Waals surface area contributed by atoms with Crippen LogP contribution in [0.1, 0.15) is 30.5 Å². The Bertz CT molecular complexity index is 606. The molecule has 1 N–H and O–H groups in total. The Kier molecular flexibility index (Phi) is 3.73. The van der Waals surface area contributed by atoms with Gasteiger partial charge in [0, 0.05) is 13.1 Å². The van der Waals surface area contributed by atoms with E-state index in [9.17, 15) is 13.5 Å². The van der Waals surface area contributed by atoms with Gasteiger partial charge in [-0.05, 0) is 37.8 Å². The van der Waals surface area contributed by atoms with Crippen molar-refractivity contribution in [2.45, 2.75) is 45.1 Å². The minimum atomic E-state index is -3.51. The molecule has 0 unspecified atom stereocenters. The van der Waals surface area contributed by atoms with Crippen molar-refractivity contribution in [2.75, 3.05) is 13.1 Å². The predicted octanol–water partition coefficient (Wildman–Crippen LogP) is 2.00. The zero-order chi connectivity index (χ0) is 15.3. The number of hydrogen-bond acceptors (Lipinski definition) is 3. The molecule has 1 heterocycles. The first-order valence-corrected chi connectivity index (χ1v) is 8.32. The summed E-state index contributed by atoms with van der Waals surface area (Å²) in [5, 5.41) is 10.2. The van der Waals surface area contributed by atoms with E-state index in [1.54, 1.807) is 0 Å². The maximum absolute atomic E-state index is 12.7. The zero-order valence-electron chi connectivity index (χ0n) is 12.8. The summed E-state index contributed by atoms with van der Waals surface area (Å²) in [7, 11) is -3.51. The molecule has 0 radical (unpaired) electrons. The molecule has 0 spiro atoms. The highest BCUT2D eigenvalue weighted by atomic mass is 32.2. The monoisotopic (exact) mass is 297 g/mol. The molecule has 1 fully saturated rings. The Hall–Kier alpha value is -0.910. The summed E-state index contributed by atoms with van der Waals surface area (Å²) in [6.07, 6.45) is 0. The van der Waals surface area contributed by atoms with E-state index >= 15 is 0 Å². The van der Waals surface area contributed by atoms with Gasteiger partial charge in [0.05, 0.1) is 10.5 Å². The summed E-state index contributed by atoms with van der Waals surface area (Å²) in [5.41, 5.74) is 1.70. The highest BCUT2D eigenvalue weighted by Crippen LogP contribution is 2.35. The molecule has 1 aliphatic rings. The van der Waals surface area contributed by atoms with Crippen LogP contribution >= 0.6 is 0 Å². The van der Waals surface area contributed by atoms with Gasteiger partial charge in [-0.1, -0.05) is 31.5 Å². The van der Waals surface area contributed by atoms with Crippen molar-refractivity contribution in [3.8, 4) is 0 Å². The van der Waals surface area contributed by atoms with Gasteiger partial charge in [-0.3, -0.25) is 0 Å². The van der Waals surface area contributed by atoms with Crippen LogP contribution < -0.4 is 0 Å². The fourth-order valence-corrected chi connectivity index (χ4v) is 4.78. The summed E-state index contributed by atoms with van der Waals surface area (Å²) in [6, 6.07) is 3.77. The summed E-state index contributed by atoms with van der Waals surface area (Å²) in [4.78, 5) is 0.383. The number of sulfonamides is 1.